The fraction of sp³-hybridized carbons (Fsp3) is 0.308. The van der Waals surface area contributed by atoms with Crippen molar-refractivity contribution in [3.05, 3.63) is 64.9 Å². The van der Waals surface area contributed by atoms with Gasteiger partial charge in [-0.25, -0.2) is 9.79 Å². The first-order chi connectivity index (χ1) is 16.0. The van der Waals surface area contributed by atoms with Gasteiger partial charge in [0.1, 0.15) is 0 Å². The van der Waals surface area contributed by atoms with Gasteiger partial charge in [0.15, 0.2) is 5.70 Å². The molecule has 1 fully saturated rings. The van der Waals surface area contributed by atoms with Gasteiger partial charge in [-0.1, -0.05) is 6.07 Å². The third-order valence-corrected chi connectivity index (χ3v) is 5.91. The minimum atomic E-state index is -0.489. The fourth-order valence-electron chi connectivity index (χ4n) is 4.06. The lowest BCUT2D eigenvalue weighted by atomic mass is 10.1. The van der Waals surface area contributed by atoms with Gasteiger partial charge in [0.05, 0.1) is 12.5 Å². The number of hydrogen-bond donors (Lipinski definition) is 0. The summed E-state index contributed by atoms with van der Waals surface area (Å²) in [6.45, 7) is 6.26. The van der Waals surface area contributed by atoms with Crippen molar-refractivity contribution < 1.29 is 14.3 Å². The third-order valence-electron chi connectivity index (χ3n) is 5.91. The van der Waals surface area contributed by atoms with Gasteiger partial charge in [-0.15, -0.1) is 0 Å². The van der Waals surface area contributed by atoms with Crippen LogP contribution in [0, 0.1) is 18.3 Å². The fourth-order valence-corrected chi connectivity index (χ4v) is 4.06. The van der Waals surface area contributed by atoms with E-state index < -0.39 is 5.97 Å². The molecule has 0 aliphatic carbocycles. The molecule has 2 aliphatic rings. The summed E-state index contributed by atoms with van der Waals surface area (Å²) < 4.78 is 5.41. The van der Waals surface area contributed by atoms with Crippen LogP contribution in [-0.2, 0) is 14.3 Å². The van der Waals surface area contributed by atoms with Crippen LogP contribution in [0.25, 0.3) is 6.08 Å². The maximum Gasteiger partial charge on any atom is 0.363 e. The Morgan fingerprint density at radius 1 is 1.21 bits per heavy atom. The first-order valence-corrected chi connectivity index (χ1v) is 11.2. The zero-order chi connectivity index (χ0) is 23.4. The number of nitrogens with zero attached hydrogens (tertiary/aromatic N) is 4. The number of anilines is 2. The monoisotopic (exact) mass is 442 g/mol. The van der Waals surface area contributed by atoms with Crippen molar-refractivity contribution in [1.29, 1.82) is 5.26 Å². The molecule has 2 aromatic rings. The number of aliphatic imine (C=N–C) groups is 1. The molecule has 2 aromatic carbocycles. The second kappa shape index (κ2) is 9.70. The van der Waals surface area contributed by atoms with Crippen LogP contribution in [-0.4, -0.2) is 37.4 Å². The summed E-state index contributed by atoms with van der Waals surface area (Å²) in [6.07, 6.45) is 3.65. The number of cyclic esters (lactones) is 1. The number of carbonyl (C=O) groups is 2. The molecule has 7 nitrogen and oxygen atoms in total. The normalized spacial score (nSPS) is 16.7. The number of amides is 1. The lowest BCUT2D eigenvalue weighted by Gasteiger charge is -2.22. The number of ether oxygens (including phenoxy) is 1. The van der Waals surface area contributed by atoms with E-state index in [2.05, 4.69) is 29.0 Å². The molecule has 1 saturated heterocycles. The molecular weight excluding hydrogens is 416 g/mol. The Morgan fingerprint density at radius 3 is 2.64 bits per heavy atom. The molecule has 0 unspecified atom stereocenters. The Bertz CT molecular complexity index is 1180. The van der Waals surface area contributed by atoms with Gasteiger partial charge >= 0.3 is 5.97 Å². The smallest absolute Gasteiger partial charge is 0.363 e. The van der Waals surface area contributed by atoms with Crippen LogP contribution < -0.4 is 9.80 Å². The van der Waals surface area contributed by atoms with Crippen molar-refractivity contribution in [2.45, 2.75) is 33.1 Å². The minimum absolute atomic E-state index is 0.131. The Kier molecular flexibility index (Phi) is 6.55. The molecule has 0 atom stereocenters. The molecular formula is C26H26N4O3. The molecule has 0 saturated carbocycles. The van der Waals surface area contributed by atoms with Crippen LogP contribution in [0.4, 0.5) is 11.4 Å². The van der Waals surface area contributed by atoms with E-state index in [4.69, 9.17) is 10.00 Å². The van der Waals surface area contributed by atoms with Crippen LogP contribution in [0.3, 0.4) is 0 Å². The van der Waals surface area contributed by atoms with Crippen molar-refractivity contribution in [2.24, 2.45) is 4.99 Å². The van der Waals surface area contributed by atoms with Crippen LogP contribution in [0.5, 0.6) is 0 Å². The lowest BCUT2D eigenvalue weighted by Crippen LogP contribution is -2.23. The van der Waals surface area contributed by atoms with E-state index in [-0.39, 0.29) is 17.5 Å². The summed E-state index contributed by atoms with van der Waals surface area (Å²) in [5, 5.41) is 8.86. The highest BCUT2D eigenvalue weighted by atomic mass is 16.6. The summed E-state index contributed by atoms with van der Waals surface area (Å²) in [5.41, 5.74) is 4.71. The van der Waals surface area contributed by atoms with Gasteiger partial charge in [-0.2, -0.15) is 5.26 Å². The summed E-state index contributed by atoms with van der Waals surface area (Å²) >= 11 is 0. The number of esters is 1. The Balaban J connectivity index is 1.53. The van der Waals surface area contributed by atoms with Crippen molar-refractivity contribution in [1.82, 2.24) is 0 Å². The Morgan fingerprint density at radius 2 is 2.00 bits per heavy atom. The molecule has 168 valence electrons. The number of rotatable bonds is 7. The van der Waals surface area contributed by atoms with E-state index in [0.717, 1.165) is 42.0 Å². The summed E-state index contributed by atoms with van der Waals surface area (Å²) in [4.78, 5) is 32.7. The van der Waals surface area contributed by atoms with Gasteiger partial charge in [-0.05, 0) is 73.9 Å². The second-order valence-corrected chi connectivity index (χ2v) is 8.06. The first kappa shape index (κ1) is 22.3. The average molecular weight is 443 g/mol. The molecule has 4 rings (SSSR count). The number of nitriles is 1. The Hall–Kier alpha value is -3.92. The molecule has 2 aliphatic heterocycles. The topological polar surface area (TPSA) is 86.0 Å². The summed E-state index contributed by atoms with van der Waals surface area (Å²) in [7, 11) is 0. The molecule has 2 heterocycles. The molecule has 0 radical (unpaired) electrons. The van der Waals surface area contributed by atoms with Crippen molar-refractivity contribution >= 4 is 35.2 Å². The van der Waals surface area contributed by atoms with Gasteiger partial charge in [0.25, 0.3) is 0 Å². The quantitative estimate of drug-likeness (QED) is 0.474. The van der Waals surface area contributed by atoms with E-state index in [1.165, 1.54) is 0 Å². The molecule has 0 N–H and O–H groups in total. The number of hydrogen-bond acceptors (Lipinski definition) is 6. The van der Waals surface area contributed by atoms with Crippen molar-refractivity contribution in [3.8, 4) is 6.07 Å². The predicted molar refractivity (Wildman–Crippen MR) is 128 cm³/mol. The summed E-state index contributed by atoms with van der Waals surface area (Å²) in [5.74, 6) is -0.101. The molecule has 1 amide bonds. The number of benzene rings is 2. The van der Waals surface area contributed by atoms with E-state index in [0.29, 0.717) is 24.9 Å². The van der Waals surface area contributed by atoms with Crippen molar-refractivity contribution in [2.75, 3.05) is 29.4 Å². The molecule has 0 bridgehead atoms. The van der Waals surface area contributed by atoms with E-state index >= 15 is 0 Å². The number of aryl methyl sites for hydroxylation is 1. The van der Waals surface area contributed by atoms with E-state index in [1.54, 1.807) is 11.0 Å². The average Bonchev–Trinajstić information content (AvgIpc) is 3.41. The highest BCUT2D eigenvalue weighted by Crippen LogP contribution is 2.26. The zero-order valence-corrected chi connectivity index (χ0v) is 18.9. The van der Waals surface area contributed by atoms with Gasteiger partial charge in [0, 0.05) is 43.0 Å². The predicted octanol–water partition coefficient (Wildman–Crippen LogP) is 4.21. The van der Waals surface area contributed by atoms with Gasteiger partial charge < -0.3 is 14.5 Å². The van der Waals surface area contributed by atoms with Gasteiger partial charge in [-0.3, -0.25) is 4.79 Å². The SMILES string of the molecule is CCN(CCC#N)c1ccc(C=C2N=C(c3ccc(N4CCCC4=O)cc3)OC2=O)c(C)c1. The Labute approximate surface area is 193 Å². The van der Waals surface area contributed by atoms with Crippen molar-refractivity contribution in [3.63, 3.8) is 0 Å². The lowest BCUT2D eigenvalue weighted by molar-refractivity contribution is -0.130. The zero-order valence-electron chi connectivity index (χ0n) is 18.9. The van der Waals surface area contributed by atoms with Crippen LogP contribution in [0.15, 0.2) is 53.2 Å². The standard InChI is InChI=1S/C26H26N4O3/c1-3-29(14-5-13-27)22-12-9-20(18(2)16-22)17-23-26(32)33-25(28-23)19-7-10-21(11-8-19)30-15-4-6-24(30)31/h7-12,16-17H,3-6,14-15H2,1-2H3. The maximum absolute atomic E-state index is 12.4. The highest BCUT2D eigenvalue weighted by molar-refractivity contribution is 6.13. The minimum Gasteiger partial charge on any atom is -0.402 e. The van der Waals surface area contributed by atoms with E-state index in [9.17, 15) is 9.59 Å². The molecule has 33 heavy (non-hydrogen) atoms. The first-order valence-electron chi connectivity index (χ1n) is 11.2. The van der Waals surface area contributed by atoms with Crippen LogP contribution >= 0.6 is 0 Å². The van der Waals surface area contributed by atoms with E-state index in [1.807, 2.05) is 43.3 Å². The molecule has 0 spiro atoms. The summed E-state index contributed by atoms with van der Waals surface area (Å²) in [6, 6.07) is 15.5. The third kappa shape index (κ3) is 4.80. The van der Waals surface area contributed by atoms with Crippen LogP contribution in [0.2, 0.25) is 0 Å². The maximum atomic E-state index is 12.4. The number of carbonyl (C=O) groups excluding carboxylic acids is 2. The highest BCUT2D eigenvalue weighted by Gasteiger charge is 2.26. The molecule has 0 aromatic heterocycles. The second-order valence-electron chi connectivity index (χ2n) is 8.06. The van der Waals surface area contributed by atoms with Crippen LogP contribution in [0.1, 0.15) is 42.9 Å². The van der Waals surface area contributed by atoms with Gasteiger partial charge in [0.2, 0.25) is 11.8 Å². The largest absolute Gasteiger partial charge is 0.402 e. The molecule has 7 heteroatoms.